The van der Waals surface area contributed by atoms with Gasteiger partial charge in [-0.15, -0.1) is 0 Å². The van der Waals surface area contributed by atoms with Crippen LogP contribution in [0.2, 0.25) is 0 Å². The Hall–Kier alpha value is -2.88. The van der Waals surface area contributed by atoms with Gasteiger partial charge in [-0.1, -0.05) is 24.3 Å². The molecule has 0 saturated carbocycles. The molecular formula is C18H16N2O2. The quantitative estimate of drug-likeness (QED) is 0.733. The fourth-order valence-corrected chi connectivity index (χ4v) is 2.32. The predicted molar refractivity (Wildman–Crippen MR) is 86.0 cm³/mol. The molecule has 0 spiro atoms. The van der Waals surface area contributed by atoms with Gasteiger partial charge in [-0.25, -0.2) is 9.97 Å². The zero-order chi connectivity index (χ0) is 15.4. The molecule has 0 fully saturated rings. The van der Waals surface area contributed by atoms with Crippen molar-refractivity contribution < 1.29 is 9.47 Å². The lowest BCUT2D eigenvalue weighted by Crippen LogP contribution is -1.95. The van der Waals surface area contributed by atoms with Crippen molar-refractivity contribution in [3.8, 4) is 34.1 Å². The van der Waals surface area contributed by atoms with E-state index in [0.29, 0.717) is 5.82 Å². The van der Waals surface area contributed by atoms with Gasteiger partial charge in [0.2, 0.25) is 0 Å². The molecule has 0 radical (unpaired) electrons. The molecule has 0 aliphatic heterocycles. The van der Waals surface area contributed by atoms with Crippen LogP contribution in [0.1, 0.15) is 0 Å². The van der Waals surface area contributed by atoms with Crippen LogP contribution < -0.4 is 9.47 Å². The first-order valence-electron chi connectivity index (χ1n) is 6.93. The molecule has 3 rings (SSSR count). The lowest BCUT2D eigenvalue weighted by Gasteiger charge is -2.10. The lowest BCUT2D eigenvalue weighted by atomic mass is 10.1. The molecule has 4 heteroatoms. The number of aromatic nitrogens is 2. The van der Waals surface area contributed by atoms with E-state index < -0.39 is 0 Å². The van der Waals surface area contributed by atoms with Crippen molar-refractivity contribution in [2.75, 3.05) is 14.2 Å². The Bertz CT molecular complexity index is 725. The molecule has 3 aromatic rings. The van der Waals surface area contributed by atoms with Crippen molar-refractivity contribution in [2.24, 2.45) is 0 Å². The average Bonchev–Trinajstić information content (AvgIpc) is 2.61. The van der Waals surface area contributed by atoms with E-state index in [1.165, 1.54) is 0 Å². The number of ether oxygens (including phenoxy) is 2. The molecule has 0 aliphatic carbocycles. The molecule has 0 saturated heterocycles. The van der Waals surface area contributed by atoms with Gasteiger partial charge in [0.1, 0.15) is 11.5 Å². The monoisotopic (exact) mass is 292 g/mol. The zero-order valence-electron chi connectivity index (χ0n) is 12.5. The largest absolute Gasteiger partial charge is 0.496 e. The highest BCUT2D eigenvalue weighted by Gasteiger charge is 2.11. The average molecular weight is 292 g/mol. The normalized spacial score (nSPS) is 10.3. The van der Waals surface area contributed by atoms with Crippen LogP contribution in [0.3, 0.4) is 0 Å². The molecule has 22 heavy (non-hydrogen) atoms. The number of hydrogen-bond donors (Lipinski definition) is 0. The fourth-order valence-electron chi connectivity index (χ4n) is 2.32. The molecule has 110 valence electrons. The second-order valence-corrected chi connectivity index (χ2v) is 4.67. The van der Waals surface area contributed by atoms with E-state index in [1.54, 1.807) is 20.4 Å². The summed E-state index contributed by atoms with van der Waals surface area (Å²) < 4.78 is 10.8. The molecule has 0 N–H and O–H groups in total. The van der Waals surface area contributed by atoms with Crippen LogP contribution in [0.25, 0.3) is 22.6 Å². The SMILES string of the molecule is COc1ccccc1-c1ccnc(-c2ccccc2OC)n1. The van der Waals surface area contributed by atoms with E-state index >= 15 is 0 Å². The number of hydrogen-bond acceptors (Lipinski definition) is 4. The van der Waals surface area contributed by atoms with E-state index in [9.17, 15) is 0 Å². The minimum Gasteiger partial charge on any atom is -0.496 e. The first kappa shape index (κ1) is 14.1. The van der Waals surface area contributed by atoms with Crippen molar-refractivity contribution in [3.05, 3.63) is 60.8 Å². The summed E-state index contributed by atoms with van der Waals surface area (Å²) in [5.74, 6) is 2.16. The van der Waals surface area contributed by atoms with Crippen LogP contribution in [0.15, 0.2) is 60.8 Å². The molecule has 0 atom stereocenters. The Balaban J connectivity index is 2.10. The predicted octanol–water partition coefficient (Wildman–Crippen LogP) is 3.83. The molecular weight excluding hydrogens is 276 g/mol. The third-order valence-corrected chi connectivity index (χ3v) is 3.39. The molecule has 2 aromatic carbocycles. The highest BCUT2D eigenvalue weighted by molar-refractivity contribution is 5.70. The summed E-state index contributed by atoms with van der Waals surface area (Å²) in [4.78, 5) is 9.03. The third kappa shape index (κ3) is 2.63. The Morgan fingerprint density at radius 2 is 1.32 bits per heavy atom. The summed E-state index contributed by atoms with van der Waals surface area (Å²) in [6.45, 7) is 0. The Kier molecular flexibility index (Phi) is 4.01. The van der Waals surface area contributed by atoms with Crippen LogP contribution in [0.5, 0.6) is 11.5 Å². The van der Waals surface area contributed by atoms with E-state index in [1.807, 2.05) is 54.6 Å². The molecule has 1 aromatic heterocycles. The summed E-state index contributed by atoms with van der Waals surface area (Å²) in [6.07, 6.45) is 1.75. The summed E-state index contributed by atoms with van der Waals surface area (Å²) >= 11 is 0. The second-order valence-electron chi connectivity index (χ2n) is 4.67. The molecule has 1 heterocycles. The number of methoxy groups -OCH3 is 2. The molecule has 4 nitrogen and oxygen atoms in total. The van der Waals surface area contributed by atoms with Gasteiger partial charge >= 0.3 is 0 Å². The van der Waals surface area contributed by atoms with Crippen LogP contribution >= 0.6 is 0 Å². The zero-order valence-corrected chi connectivity index (χ0v) is 12.5. The van der Waals surface area contributed by atoms with E-state index in [2.05, 4.69) is 9.97 Å². The highest BCUT2D eigenvalue weighted by atomic mass is 16.5. The van der Waals surface area contributed by atoms with Crippen molar-refractivity contribution >= 4 is 0 Å². The van der Waals surface area contributed by atoms with Gasteiger partial charge in [0.15, 0.2) is 5.82 Å². The van der Waals surface area contributed by atoms with Gasteiger partial charge in [-0.2, -0.15) is 0 Å². The first-order valence-corrected chi connectivity index (χ1v) is 6.93. The number of para-hydroxylation sites is 2. The Morgan fingerprint density at radius 1 is 0.727 bits per heavy atom. The number of benzene rings is 2. The third-order valence-electron chi connectivity index (χ3n) is 3.39. The van der Waals surface area contributed by atoms with E-state index in [4.69, 9.17) is 9.47 Å². The topological polar surface area (TPSA) is 44.2 Å². The van der Waals surface area contributed by atoms with Gasteiger partial charge < -0.3 is 9.47 Å². The maximum atomic E-state index is 5.41. The lowest BCUT2D eigenvalue weighted by molar-refractivity contribution is 0.416. The van der Waals surface area contributed by atoms with Gasteiger partial charge in [0.25, 0.3) is 0 Å². The Labute approximate surface area is 129 Å². The van der Waals surface area contributed by atoms with Crippen molar-refractivity contribution in [1.82, 2.24) is 9.97 Å². The number of nitrogens with zero attached hydrogens (tertiary/aromatic N) is 2. The van der Waals surface area contributed by atoms with Gasteiger partial charge in [0, 0.05) is 11.8 Å². The fraction of sp³-hybridized carbons (Fsp3) is 0.111. The summed E-state index contributed by atoms with van der Waals surface area (Å²) in [5.41, 5.74) is 2.61. The smallest absolute Gasteiger partial charge is 0.163 e. The van der Waals surface area contributed by atoms with Crippen LogP contribution in [0, 0.1) is 0 Å². The first-order chi connectivity index (χ1) is 10.8. The van der Waals surface area contributed by atoms with Gasteiger partial charge in [-0.3, -0.25) is 0 Å². The maximum absolute atomic E-state index is 5.41. The molecule has 0 bridgehead atoms. The minimum atomic E-state index is 0.626. The van der Waals surface area contributed by atoms with Crippen LogP contribution in [-0.4, -0.2) is 24.2 Å². The second kappa shape index (κ2) is 6.26. The standard InChI is InChI=1S/C18H16N2O2/c1-21-16-9-5-3-7-13(16)15-11-12-19-18(20-15)14-8-4-6-10-17(14)22-2/h3-12H,1-2H3. The van der Waals surface area contributed by atoms with Crippen molar-refractivity contribution in [2.45, 2.75) is 0 Å². The van der Waals surface area contributed by atoms with Crippen molar-refractivity contribution in [3.63, 3.8) is 0 Å². The van der Waals surface area contributed by atoms with Gasteiger partial charge in [0.05, 0.1) is 25.5 Å². The highest BCUT2D eigenvalue weighted by Crippen LogP contribution is 2.31. The van der Waals surface area contributed by atoms with E-state index in [-0.39, 0.29) is 0 Å². The van der Waals surface area contributed by atoms with E-state index in [0.717, 1.165) is 28.3 Å². The summed E-state index contributed by atoms with van der Waals surface area (Å²) in [6, 6.07) is 17.4. The van der Waals surface area contributed by atoms with Crippen molar-refractivity contribution in [1.29, 1.82) is 0 Å². The van der Waals surface area contributed by atoms with Gasteiger partial charge in [-0.05, 0) is 30.3 Å². The maximum Gasteiger partial charge on any atom is 0.163 e. The molecule has 0 amide bonds. The minimum absolute atomic E-state index is 0.626. The Morgan fingerprint density at radius 3 is 2.00 bits per heavy atom. The van der Waals surface area contributed by atoms with Crippen LogP contribution in [-0.2, 0) is 0 Å². The summed E-state index contributed by atoms with van der Waals surface area (Å²) in [7, 11) is 3.30. The number of rotatable bonds is 4. The van der Waals surface area contributed by atoms with Crippen LogP contribution in [0.4, 0.5) is 0 Å². The molecule has 0 unspecified atom stereocenters. The molecule has 0 aliphatic rings. The summed E-state index contributed by atoms with van der Waals surface area (Å²) in [5, 5.41) is 0.